The lowest BCUT2D eigenvalue weighted by molar-refractivity contribution is -0.147. The van der Waals surface area contributed by atoms with Crippen LogP contribution in [0.25, 0.3) is 0 Å². The topological polar surface area (TPSA) is 75.6 Å². The van der Waals surface area contributed by atoms with Gasteiger partial charge in [-0.25, -0.2) is 0 Å². The zero-order valence-electron chi connectivity index (χ0n) is 10.2. The van der Waals surface area contributed by atoms with E-state index in [2.05, 4.69) is 5.32 Å². The van der Waals surface area contributed by atoms with Gasteiger partial charge in [0.2, 0.25) is 0 Å². The van der Waals surface area contributed by atoms with E-state index in [4.69, 9.17) is 9.84 Å². The van der Waals surface area contributed by atoms with Gasteiger partial charge in [-0.2, -0.15) is 0 Å². The SMILES string of the molecule is CCOC(=O)CCNC(CC)(CC)C(=O)O. The van der Waals surface area contributed by atoms with Crippen molar-refractivity contribution in [3.63, 3.8) is 0 Å². The fourth-order valence-electron chi connectivity index (χ4n) is 1.52. The van der Waals surface area contributed by atoms with Gasteiger partial charge in [-0.1, -0.05) is 13.8 Å². The van der Waals surface area contributed by atoms with E-state index in [9.17, 15) is 9.59 Å². The standard InChI is InChI=1S/C11H21NO4/c1-4-11(5-2,10(14)15)12-8-7-9(13)16-6-3/h12H,4-8H2,1-3H3,(H,14,15). The van der Waals surface area contributed by atoms with Crippen LogP contribution >= 0.6 is 0 Å². The predicted molar refractivity (Wildman–Crippen MR) is 60.2 cm³/mol. The van der Waals surface area contributed by atoms with Crippen molar-refractivity contribution in [2.45, 2.75) is 45.6 Å². The minimum atomic E-state index is -0.924. The molecule has 0 radical (unpaired) electrons. The van der Waals surface area contributed by atoms with Crippen molar-refractivity contribution in [1.29, 1.82) is 0 Å². The summed E-state index contributed by atoms with van der Waals surface area (Å²) in [5.41, 5.74) is -0.924. The van der Waals surface area contributed by atoms with Gasteiger partial charge in [0.25, 0.3) is 0 Å². The van der Waals surface area contributed by atoms with E-state index in [1.54, 1.807) is 6.92 Å². The second-order valence-corrected chi connectivity index (χ2v) is 3.58. The van der Waals surface area contributed by atoms with Gasteiger partial charge in [-0.15, -0.1) is 0 Å². The van der Waals surface area contributed by atoms with Crippen molar-refractivity contribution in [3.05, 3.63) is 0 Å². The molecule has 0 aromatic heterocycles. The molecule has 0 aliphatic heterocycles. The number of carbonyl (C=O) groups is 2. The zero-order chi connectivity index (χ0) is 12.6. The lowest BCUT2D eigenvalue weighted by Crippen LogP contribution is -2.51. The van der Waals surface area contributed by atoms with E-state index in [0.29, 0.717) is 26.0 Å². The molecule has 0 aliphatic carbocycles. The van der Waals surface area contributed by atoms with Crippen LogP contribution in [0.2, 0.25) is 0 Å². The molecule has 5 heteroatoms. The summed E-state index contributed by atoms with van der Waals surface area (Å²) in [5, 5.41) is 12.0. The molecule has 0 aromatic carbocycles. The van der Waals surface area contributed by atoms with Crippen molar-refractivity contribution in [1.82, 2.24) is 5.32 Å². The smallest absolute Gasteiger partial charge is 0.323 e. The van der Waals surface area contributed by atoms with Gasteiger partial charge in [0.15, 0.2) is 0 Å². The van der Waals surface area contributed by atoms with Crippen molar-refractivity contribution >= 4 is 11.9 Å². The number of rotatable bonds is 8. The van der Waals surface area contributed by atoms with Crippen LogP contribution in [0.15, 0.2) is 0 Å². The Kier molecular flexibility index (Phi) is 6.72. The van der Waals surface area contributed by atoms with Crippen molar-refractivity contribution in [2.75, 3.05) is 13.2 Å². The molecular formula is C11H21NO4. The molecule has 0 aliphatic rings. The zero-order valence-corrected chi connectivity index (χ0v) is 10.2. The molecule has 16 heavy (non-hydrogen) atoms. The van der Waals surface area contributed by atoms with Gasteiger partial charge in [0, 0.05) is 6.54 Å². The summed E-state index contributed by atoms with van der Waals surface area (Å²) in [7, 11) is 0. The Morgan fingerprint density at radius 1 is 1.25 bits per heavy atom. The van der Waals surface area contributed by atoms with E-state index in [0.717, 1.165) is 0 Å². The molecule has 0 atom stereocenters. The predicted octanol–water partition coefficient (Wildman–Crippen LogP) is 1.17. The Hall–Kier alpha value is -1.10. The molecule has 0 rings (SSSR count). The molecule has 0 saturated carbocycles. The lowest BCUT2D eigenvalue weighted by Gasteiger charge is -2.27. The highest BCUT2D eigenvalue weighted by atomic mass is 16.5. The third-order valence-corrected chi connectivity index (χ3v) is 2.71. The van der Waals surface area contributed by atoms with E-state index < -0.39 is 11.5 Å². The Morgan fingerprint density at radius 3 is 2.19 bits per heavy atom. The number of carboxylic acids is 1. The highest BCUT2D eigenvalue weighted by molar-refractivity contribution is 5.78. The monoisotopic (exact) mass is 231 g/mol. The Labute approximate surface area is 96.2 Å². The maximum absolute atomic E-state index is 11.1. The molecular weight excluding hydrogens is 210 g/mol. The second kappa shape index (κ2) is 7.22. The summed E-state index contributed by atoms with van der Waals surface area (Å²) in [6, 6.07) is 0. The summed E-state index contributed by atoms with van der Waals surface area (Å²) in [5.74, 6) is -1.18. The molecule has 0 aromatic rings. The first-order chi connectivity index (χ1) is 7.52. The Bertz CT molecular complexity index is 236. The quantitative estimate of drug-likeness (QED) is 0.613. The van der Waals surface area contributed by atoms with Crippen LogP contribution in [-0.2, 0) is 14.3 Å². The van der Waals surface area contributed by atoms with Gasteiger partial charge in [0.1, 0.15) is 5.54 Å². The summed E-state index contributed by atoms with van der Waals surface area (Å²) in [4.78, 5) is 22.2. The number of hydrogen-bond acceptors (Lipinski definition) is 4. The van der Waals surface area contributed by atoms with E-state index in [1.165, 1.54) is 0 Å². The lowest BCUT2D eigenvalue weighted by atomic mass is 9.93. The largest absolute Gasteiger partial charge is 0.480 e. The van der Waals surface area contributed by atoms with Crippen LogP contribution in [0.4, 0.5) is 0 Å². The van der Waals surface area contributed by atoms with Crippen molar-refractivity contribution in [2.24, 2.45) is 0 Å². The molecule has 0 saturated heterocycles. The summed E-state index contributed by atoms with van der Waals surface area (Å²) in [6.45, 7) is 6.05. The minimum absolute atomic E-state index is 0.197. The number of carboxylic acid groups (broad SMARTS) is 1. The summed E-state index contributed by atoms with van der Waals surface area (Å²) < 4.78 is 4.76. The van der Waals surface area contributed by atoms with Crippen LogP contribution in [0.5, 0.6) is 0 Å². The third kappa shape index (κ3) is 4.18. The number of hydrogen-bond donors (Lipinski definition) is 2. The number of carbonyl (C=O) groups excluding carboxylic acids is 1. The molecule has 0 heterocycles. The van der Waals surface area contributed by atoms with Crippen LogP contribution in [0.3, 0.4) is 0 Å². The maximum Gasteiger partial charge on any atom is 0.323 e. The van der Waals surface area contributed by atoms with Gasteiger partial charge in [-0.3, -0.25) is 9.59 Å². The van der Waals surface area contributed by atoms with E-state index in [1.807, 2.05) is 13.8 Å². The molecule has 0 amide bonds. The minimum Gasteiger partial charge on any atom is -0.480 e. The highest BCUT2D eigenvalue weighted by Gasteiger charge is 2.33. The van der Waals surface area contributed by atoms with Crippen molar-refractivity contribution < 1.29 is 19.4 Å². The molecule has 94 valence electrons. The fourth-order valence-corrected chi connectivity index (χ4v) is 1.52. The number of ether oxygens (including phenoxy) is 1. The van der Waals surface area contributed by atoms with Gasteiger partial charge >= 0.3 is 11.9 Å². The second-order valence-electron chi connectivity index (χ2n) is 3.58. The molecule has 5 nitrogen and oxygen atoms in total. The van der Waals surface area contributed by atoms with Gasteiger partial charge < -0.3 is 15.2 Å². The van der Waals surface area contributed by atoms with E-state index in [-0.39, 0.29) is 12.4 Å². The maximum atomic E-state index is 11.1. The first-order valence-electron chi connectivity index (χ1n) is 5.66. The number of esters is 1. The average molecular weight is 231 g/mol. The normalized spacial score (nSPS) is 11.2. The fraction of sp³-hybridized carbons (Fsp3) is 0.818. The Morgan fingerprint density at radius 2 is 1.81 bits per heavy atom. The van der Waals surface area contributed by atoms with Crippen molar-refractivity contribution in [3.8, 4) is 0 Å². The van der Waals surface area contributed by atoms with Crippen LogP contribution in [0.1, 0.15) is 40.0 Å². The first-order valence-corrected chi connectivity index (χ1v) is 5.66. The Balaban J connectivity index is 4.13. The molecule has 0 fully saturated rings. The van der Waals surface area contributed by atoms with E-state index >= 15 is 0 Å². The van der Waals surface area contributed by atoms with Crippen LogP contribution in [0, 0.1) is 0 Å². The van der Waals surface area contributed by atoms with Gasteiger partial charge in [-0.05, 0) is 19.8 Å². The summed E-state index contributed by atoms with van der Waals surface area (Å²) >= 11 is 0. The molecule has 0 spiro atoms. The van der Waals surface area contributed by atoms with Crippen LogP contribution < -0.4 is 5.32 Å². The summed E-state index contributed by atoms with van der Waals surface area (Å²) in [6.07, 6.45) is 1.17. The number of nitrogens with one attached hydrogen (secondary N) is 1. The van der Waals surface area contributed by atoms with Crippen LogP contribution in [-0.4, -0.2) is 35.7 Å². The number of aliphatic carboxylic acids is 1. The molecule has 0 bridgehead atoms. The first kappa shape index (κ1) is 14.9. The third-order valence-electron chi connectivity index (χ3n) is 2.71. The highest BCUT2D eigenvalue weighted by Crippen LogP contribution is 2.15. The van der Waals surface area contributed by atoms with Gasteiger partial charge in [0.05, 0.1) is 13.0 Å². The molecule has 2 N–H and O–H groups in total. The average Bonchev–Trinajstić information content (AvgIpc) is 2.25. The molecule has 0 unspecified atom stereocenters.